The lowest BCUT2D eigenvalue weighted by Gasteiger charge is -2.10. The summed E-state index contributed by atoms with van der Waals surface area (Å²) in [5, 5.41) is 3.02. The van der Waals surface area contributed by atoms with Crippen LogP contribution in [-0.4, -0.2) is 24.0 Å². The van der Waals surface area contributed by atoms with E-state index in [1.54, 1.807) is 0 Å². The van der Waals surface area contributed by atoms with Crippen LogP contribution in [0, 0.1) is 5.92 Å². The third kappa shape index (κ3) is 3.75. The molecule has 1 saturated heterocycles. The lowest BCUT2D eigenvalue weighted by molar-refractivity contribution is -0.124. The number of nitrogens with two attached hydrogens (primary N) is 1. The van der Waals surface area contributed by atoms with Crippen LogP contribution in [0.25, 0.3) is 0 Å². The molecular weight excluding hydrogens is 244 g/mol. The molecule has 98 valence electrons. The summed E-state index contributed by atoms with van der Waals surface area (Å²) in [6, 6.07) is 8.29. The van der Waals surface area contributed by atoms with Gasteiger partial charge in [0.2, 0.25) is 5.91 Å². The van der Waals surface area contributed by atoms with E-state index in [2.05, 4.69) is 29.6 Å². The van der Waals surface area contributed by atoms with Crippen molar-refractivity contribution in [2.45, 2.75) is 19.4 Å². The summed E-state index contributed by atoms with van der Waals surface area (Å²) in [7, 11) is 0. The first-order valence-electron chi connectivity index (χ1n) is 6.43. The number of rotatable bonds is 5. The second-order valence-corrected chi connectivity index (χ2v) is 5.78. The molecule has 4 heteroatoms. The molecule has 0 saturated carbocycles. The number of benzene rings is 1. The van der Waals surface area contributed by atoms with Gasteiger partial charge in [0.25, 0.3) is 0 Å². The van der Waals surface area contributed by atoms with Crippen LogP contribution in [0.15, 0.2) is 24.3 Å². The Kier molecular flexibility index (Phi) is 5.08. The minimum Gasteiger partial charge on any atom is -0.352 e. The van der Waals surface area contributed by atoms with E-state index in [-0.39, 0.29) is 11.8 Å². The highest BCUT2D eigenvalue weighted by molar-refractivity contribution is 7.99. The van der Waals surface area contributed by atoms with Crippen LogP contribution in [0.5, 0.6) is 0 Å². The van der Waals surface area contributed by atoms with Gasteiger partial charge in [0, 0.05) is 18.2 Å². The maximum absolute atomic E-state index is 11.8. The molecule has 0 aromatic heterocycles. The predicted octanol–water partition coefficient (Wildman–Crippen LogP) is 1.56. The molecule has 18 heavy (non-hydrogen) atoms. The lowest BCUT2D eigenvalue weighted by atomic mass is 10.1. The SMILES string of the molecule is NCCc1ccc(CNC(=O)C2CCSC2)cc1. The van der Waals surface area contributed by atoms with Crippen molar-refractivity contribution in [3.8, 4) is 0 Å². The fourth-order valence-corrected chi connectivity index (χ4v) is 3.29. The zero-order valence-corrected chi connectivity index (χ0v) is 11.3. The topological polar surface area (TPSA) is 55.1 Å². The molecule has 0 spiro atoms. The van der Waals surface area contributed by atoms with Crippen molar-refractivity contribution in [2.75, 3.05) is 18.1 Å². The molecule has 1 unspecified atom stereocenters. The molecule has 3 nitrogen and oxygen atoms in total. The predicted molar refractivity (Wildman–Crippen MR) is 76.5 cm³/mol. The molecule has 1 aromatic rings. The van der Waals surface area contributed by atoms with Gasteiger partial charge in [-0.15, -0.1) is 0 Å². The number of amides is 1. The van der Waals surface area contributed by atoms with Gasteiger partial charge in [0.1, 0.15) is 0 Å². The van der Waals surface area contributed by atoms with Gasteiger partial charge >= 0.3 is 0 Å². The second kappa shape index (κ2) is 6.81. The van der Waals surface area contributed by atoms with E-state index in [4.69, 9.17) is 5.73 Å². The number of hydrogen-bond donors (Lipinski definition) is 2. The van der Waals surface area contributed by atoms with Gasteiger partial charge in [0.05, 0.1) is 0 Å². The van der Waals surface area contributed by atoms with Crippen LogP contribution < -0.4 is 11.1 Å². The van der Waals surface area contributed by atoms with Gasteiger partial charge in [-0.05, 0) is 36.3 Å². The maximum Gasteiger partial charge on any atom is 0.224 e. The van der Waals surface area contributed by atoms with Crippen LogP contribution in [0.2, 0.25) is 0 Å². The maximum atomic E-state index is 11.8. The molecule has 0 aliphatic carbocycles. The Morgan fingerprint density at radius 3 is 2.67 bits per heavy atom. The highest BCUT2D eigenvalue weighted by Gasteiger charge is 2.22. The van der Waals surface area contributed by atoms with Crippen molar-refractivity contribution in [1.29, 1.82) is 0 Å². The Labute approximate surface area is 113 Å². The molecule has 0 radical (unpaired) electrons. The van der Waals surface area contributed by atoms with Crippen molar-refractivity contribution in [2.24, 2.45) is 11.7 Å². The molecule has 1 aromatic carbocycles. The van der Waals surface area contributed by atoms with Crippen molar-refractivity contribution in [1.82, 2.24) is 5.32 Å². The first-order chi connectivity index (χ1) is 8.79. The Hall–Kier alpha value is -1.00. The van der Waals surface area contributed by atoms with E-state index in [0.29, 0.717) is 13.1 Å². The summed E-state index contributed by atoms with van der Waals surface area (Å²) in [6.07, 6.45) is 1.93. The first kappa shape index (κ1) is 13.4. The summed E-state index contributed by atoms with van der Waals surface area (Å²) >= 11 is 1.87. The zero-order valence-electron chi connectivity index (χ0n) is 10.5. The number of carbonyl (C=O) groups excluding carboxylic acids is 1. The number of nitrogens with one attached hydrogen (secondary N) is 1. The smallest absolute Gasteiger partial charge is 0.224 e. The lowest BCUT2D eigenvalue weighted by Crippen LogP contribution is -2.30. The number of thioether (sulfide) groups is 1. The van der Waals surface area contributed by atoms with E-state index in [1.807, 2.05) is 11.8 Å². The zero-order chi connectivity index (χ0) is 12.8. The molecule has 2 rings (SSSR count). The Bertz CT molecular complexity index is 385. The minimum atomic E-state index is 0.200. The summed E-state index contributed by atoms with van der Waals surface area (Å²) < 4.78 is 0. The Morgan fingerprint density at radius 2 is 2.06 bits per heavy atom. The summed E-state index contributed by atoms with van der Waals surface area (Å²) in [5.41, 5.74) is 7.91. The van der Waals surface area contributed by atoms with E-state index >= 15 is 0 Å². The van der Waals surface area contributed by atoms with Gasteiger partial charge < -0.3 is 11.1 Å². The van der Waals surface area contributed by atoms with Gasteiger partial charge in [0.15, 0.2) is 0 Å². The molecule has 1 amide bonds. The standard InChI is InChI=1S/C14H20N2OS/c15-7-5-11-1-3-12(4-2-11)9-16-14(17)13-6-8-18-10-13/h1-4,13H,5-10,15H2,(H,16,17). The monoisotopic (exact) mass is 264 g/mol. The highest BCUT2D eigenvalue weighted by atomic mass is 32.2. The molecular formula is C14H20N2OS. The van der Waals surface area contributed by atoms with Crippen LogP contribution in [0.4, 0.5) is 0 Å². The normalized spacial score (nSPS) is 18.8. The van der Waals surface area contributed by atoms with Crippen molar-refractivity contribution in [3.05, 3.63) is 35.4 Å². The van der Waals surface area contributed by atoms with Crippen LogP contribution in [-0.2, 0) is 17.8 Å². The number of carbonyl (C=O) groups is 1. The number of hydrogen-bond acceptors (Lipinski definition) is 3. The molecule has 3 N–H and O–H groups in total. The quantitative estimate of drug-likeness (QED) is 0.848. The fourth-order valence-electron chi connectivity index (χ4n) is 2.07. The second-order valence-electron chi connectivity index (χ2n) is 4.63. The van der Waals surface area contributed by atoms with Crippen LogP contribution in [0.1, 0.15) is 17.5 Å². The summed E-state index contributed by atoms with van der Waals surface area (Å²) in [6.45, 7) is 1.30. The highest BCUT2D eigenvalue weighted by Crippen LogP contribution is 2.23. The van der Waals surface area contributed by atoms with E-state index in [1.165, 1.54) is 5.56 Å². The first-order valence-corrected chi connectivity index (χ1v) is 7.58. The average molecular weight is 264 g/mol. The summed E-state index contributed by atoms with van der Waals surface area (Å²) in [5.74, 6) is 2.50. The third-order valence-corrected chi connectivity index (χ3v) is 4.39. The molecule has 1 fully saturated rings. The van der Waals surface area contributed by atoms with Crippen molar-refractivity contribution < 1.29 is 4.79 Å². The van der Waals surface area contributed by atoms with Gasteiger partial charge in [-0.1, -0.05) is 24.3 Å². The summed E-state index contributed by atoms with van der Waals surface area (Å²) in [4.78, 5) is 11.8. The largest absolute Gasteiger partial charge is 0.352 e. The van der Waals surface area contributed by atoms with Gasteiger partial charge in [-0.3, -0.25) is 4.79 Å². The Morgan fingerprint density at radius 1 is 1.33 bits per heavy atom. The molecule has 1 atom stereocenters. The van der Waals surface area contributed by atoms with Crippen molar-refractivity contribution in [3.63, 3.8) is 0 Å². The van der Waals surface area contributed by atoms with Gasteiger partial charge in [-0.25, -0.2) is 0 Å². The third-order valence-electron chi connectivity index (χ3n) is 3.22. The van der Waals surface area contributed by atoms with Gasteiger partial charge in [-0.2, -0.15) is 11.8 Å². The molecule has 0 bridgehead atoms. The fraction of sp³-hybridized carbons (Fsp3) is 0.500. The van der Waals surface area contributed by atoms with Crippen molar-refractivity contribution >= 4 is 17.7 Å². The average Bonchev–Trinajstić information content (AvgIpc) is 2.92. The van der Waals surface area contributed by atoms with E-state index in [9.17, 15) is 4.79 Å². The van der Waals surface area contributed by atoms with E-state index in [0.717, 1.165) is 29.9 Å². The molecule has 1 aliphatic heterocycles. The van der Waals surface area contributed by atoms with E-state index < -0.39 is 0 Å². The molecule has 1 heterocycles. The van der Waals surface area contributed by atoms with Crippen LogP contribution >= 0.6 is 11.8 Å². The Balaban J connectivity index is 1.80. The van der Waals surface area contributed by atoms with Crippen LogP contribution in [0.3, 0.4) is 0 Å². The molecule has 1 aliphatic rings. The minimum absolute atomic E-state index is 0.200.